The first-order valence-corrected chi connectivity index (χ1v) is 7.93. The first-order chi connectivity index (χ1) is 9.19. The van der Waals surface area contributed by atoms with E-state index in [1.165, 1.54) is 32.4 Å². The Hall–Kier alpha value is -0.610. The van der Waals surface area contributed by atoms with Crippen LogP contribution >= 0.6 is 0 Å². The molecule has 1 heterocycles. The van der Waals surface area contributed by atoms with Gasteiger partial charge in [0.05, 0.1) is 6.54 Å². The average molecular weight is 267 g/mol. The topological polar surface area (TPSA) is 44.4 Å². The second kappa shape index (κ2) is 7.25. The molecule has 4 heteroatoms. The first kappa shape index (κ1) is 14.8. The van der Waals surface area contributed by atoms with Crippen LogP contribution in [0.15, 0.2) is 0 Å². The molecular weight excluding hydrogens is 238 g/mol. The smallest absolute Gasteiger partial charge is 0.234 e. The van der Waals surface area contributed by atoms with Gasteiger partial charge in [0, 0.05) is 18.6 Å². The Morgan fingerprint density at radius 2 is 2.16 bits per heavy atom. The molecule has 0 aromatic heterocycles. The van der Waals surface area contributed by atoms with Gasteiger partial charge in [-0.1, -0.05) is 13.3 Å². The van der Waals surface area contributed by atoms with Crippen LogP contribution < -0.4 is 10.6 Å². The fraction of sp³-hybridized carbons (Fsp3) is 0.933. The maximum Gasteiger partial charge on any atom is 0.234 e. The summed E-state index contributed by atoms with van der Waals surface area (Å²) in [6, 6.07) is 1.19. The third-order valence-electron chi connectivity index (χ3n) is 4.23. The lowest BCUT2D eigenvalue weighted by atomic mass is 10.1. The van der Waals surface area contributed by atoms with E-state index in [9.17, 15) is 4.79 Å². The highest BCUT2D eigenvalue weighted by molar-refractivity contribution is 5.78. The van der Waals surface area contributed by atoms with Crippen molar-refractivity contribution in [3.8, 4) is 0 Å². The zero-order chi connectivity index (χ0) is 13.7. The van der Waals surface area contributed by atoms with Crippen LogP contribution in [0.1, 0.15) is 46.0 Å². The number of rotatable bonds is 8. The number of nitrogens with zero attached hydrogens (tertiary/aromatic N) is 1. The Morgan fingerprint density at radius 1 is 1.37 bits per heavy atom. The Kier molecular flexibility index (Phi) is 5.64. The number of hydrogen-bond donors (Lipinski definition) is 2. The van der Waals surface area contributed by atoms with Crippen LogP contribution in [0.4, 0.5) is 0 Å². The van der Waals surface area contributed by atoms with E-state index in [0.717, 1.165) is 31.3 Å². The predicted octanol–water partition coefficient (Wildman–Crippen LogP) is 1.37. The minimum Gasteiger partial charge on any atom is -0.353 e. The molecule has 4 nitrogen and oxygen atoms in total. The highest BCUT2D eigenvalue weighted by Crippen LogP contribution is 2.31. The van der Waals surface area contributed by atoms with Gasteiger partial charge < -0.3 is 15.5 Å². The number of carbonyl (C=O) groups excluding carboxylic acids is 1. The highest BCUT2D eigenvalue weighted by Gasteiger charge is 2.34. The third-order valence-corrected chi connectivity index (χ3v) is 4.23. The van der Waals surface area contributed by atoms with E-state index in [2.05, 4.69) is 29.4 Å². The molecule has 1 amide bonds. The quantitative estimate of drug-likeness (QED) is 0.698. The molecule has 2 N–H and O–H groups in total. The molecule has 2 unspecified atom stereocenters. The van der Waals surface area contributed by atoms with Crippen LogP contribution in [0.25, 0.3) is 0 Å². The number of carbonyl (C=O) groups is 1. The summed E-state index contributed by atoms with van der Waals surface area (Å²) in [6.45, 7) is 8.16. The number of likely N-dealkylation sites (tertiary alicyclic amines) is 1. The number of nitrogens with one attached hydrogen (secondary N) is 2. The first-order valence-electron chi connectivity index (χ1n) is 7.93. The normalized spacial score (nSPS) is 25.5. The number of amides is 1. The summed E-state index contributed by atoms with van der Waals surface area (Å²) in [5.41, 5.74) is 0. The zero-order valence-electron chi connectivity index (χ0n) is 12.5. The molecule has 2 aliphatic rings. The Balaban J connectivity index is 1.52. The standard InChI is InChI=1S/C15H29N3O/c1-3-4-12(2)17-15(19)10-16-9-13-7-8-18(11-13)14-5-6-14/h12-14,16H,3-11H2,1-2H3,(H,17,19). The van der Waals surface area contributed by atoms with E-state index < -0.39 is 0 Å². The summed E-state index contributed by atoms with van der Waals surface area (Å²) in [7, 11) is 0. The van der Waals surface area contributed by atoms with Crippen LogP contribution in [0.3, 0.4) is 0 Å². The van der Waals surface area contributed by atoms with E-state index in [-0.39, 0.29) is 5.91 Å². The molecule has 1 saturated heterocycles. The molecule has 1 aliphatic carbocycles. The van der Waals surface area contributed by atoms with Gasteiger partial charge in [-0.05, 0) is 51.6 Å². The van der Waals surface area contributed by atoms with Crippen molar-refractivity contribution < 1.29 is 4.79 Å². The molecule has 110 valence electrons. The van der Waals surface area contributed by atoms with Gasteiger partial charge in [-0.15, -0.1) is 0 Å². The van der Waals surface area contributed by atoms with Gasteiger partial charge in [-0.3, -0.25) is 4.79 Å². The summed E-state index contributed by atoms with van der Waals surface area (Å²) in [5.74, 6) is 0.875. The van der Waals surface area contributed by atoms with Crippen molar-refractivity contribution in [1.29, 1.82) is 0 Å². The third kappa shape index (κ3) is 5.11. The SMILES string of the molecule is CCCC(C)NC(=O)CNCC1CCN(C2CC2)C1. The summed E-state index contributed by atoms with van der Waals surface area (Å²) >= 11 is 0. The van der Waals surface area contributed by atoms with Crippen molar-refractivity contribution in [2.75, 3.05) is 26.2 Å². The molecule has 19 heavy (non-hydrogen) atoms. The molecule has 2 rings (SSSR count). The molecule has 0 spiro atoms. The van der Waals surface area contributed by atoms with Gasteiger partial charge in [-0.2, -0.15) is 0 Å². The van der Waals surface area contributed by atoms with E-state index >= 15 is 0 Å². The van der Waals surface area contributed by atoms with Crippen LogP contribution in [0.5, 0.6) is 0 Å². The predicted molar refractivity (Wildman–Crippen MR) is 78.1 cm³/mol. The molecule has 0 aromatic rings. The summed E-state index contributed by atoms with van der Waals surface area (Å²) < 4.78 is 0. The van der Waals surface area contributed by atoms with Gasteiger partial charge in [0.2, 0.25) is 5.91 Å². The summed E-state index contributed by atoms with van der Waals surface area (Å²) in [6.07, 6.45) is 6.27. The van der Waals surface area contributed by atoms with E-state index in [1.54, 1.807) is 0 Å². The van der Waals surface area contributed by atoms with E-state index in [0.29, 0.717) is 12.6 Å². The summed E-state index contributed by atoms with van der Waals surface area (Å²) in [5, 5.41) is 6.35. The second-order valence-corrected chi connectivity index (χ2v) is 6.27. The molecule has 2 fully saturated rings. The molecule has 0 bridgehead atoms. The average Bonchev–Trinajstić information content (AvgIpc) is 3.10. The van der Waals surface area contributed by atoms with Crippen molar-refractivity contribution in [3.05, 3.63) is 0 Å². The van der Waals surface area contributed by atoms with E-state index in [4.69, 9.17) is 0 Å². The van der Waals surface area contributed by atoms with Crippen molar-refractivity contribution in [2.45, 2.75) is 58.0 Å². The molecule has 2 atom stereocenters. The second-order valence-electron chi connectivity index (χ2n) is 6.27. The van der Waals surface area contributed by atoms with Crippen molar-refractivity contribution in [3.63, 3.8) is 0 Å². The lowest BCUT2D eigenvalue weighted by molar-refractivity contribution is -0.120. The van der Waals surface area contributed by atoms with Gasteiger partial charge >= 0.3 is 0 Å². The fourth-order valence-corrected chi connectivity index (χ4v) is 3.02. The lowest BCUT2D eigenvalue weighted by Gasteiger charge is -2.16. The molecular formula is C15H29N3O. The summed E-state index contributed by atoms with van der Waals surface area (Å²) in [4.78, 5) is 14.3. The van der Waals surface area contributed by atoms with Crippen molar-refractivity contribution in [1.82, 2.24) is 15.5 Å². The van der Waals surface area contributed by atoms with E-state index in [1.807, 2.05) is 0 Å². The zero-order valence-corrected chi connectivity index (χ0v) is 12.5. The Bertz CT molecular complexity index is 291. The maximum absolute atomic E-state index is 11.7. The monoisotopic (exact) mass is 267 g/mol. The molecule has 0 aromatic carbocycles. The number of hydrogen-bond acceptors (Lipinski definition) is 3. The maximum atomic E-state index is 11.7. The molecule has 0 radical (unpaired) electrons. The van der Waals surface area contributed by atoms with Gasteiger partial charge in [-0.25, -0.2) is 0 Å². The van der Waals surface area contributed by atoms with Gasteiger partial charge in [0.25, 0.3) is 0 Å². The lowest BCUT2D eigenvalue weighted by Crippen LogP contribution is -2.40. The molecule has 1 aliphatic heterocycles. The Morgan fingerprint density at radius 3 is 2.84 bits per heavy atom. The van der Waals surface area contributed by atoms with Crippen LogP contribution in [0, 0.1) is 5.92 Å². The van der Waals surface area contributed by atoms with Crippen LogP contribution in [-0.4, -0.2) is 49.1 Å². The minimum absolute atomic E-state index is 0.137. The minimum atomic E-state index is 0.137. The van der Waals surface area contributed by atoms with Gasteiger partial charge in [0.1, 0.15) is 0 Å². The van der Waals surface area contributed by atoms with Crippen molar-refractivity contribution in [2.24, 2.45) is 5.92 Å². The molecule has 1 saturated carbocycles. The van der Waals surface area contributed by atoms with Gasteiger partial charge in [0.15, 0.2) is 0 Å². The highest BCUT2D eigenvalue weighted by atomic mass is 16.1. The van der Waals surface area contributed by atoms with Crippen LogP contribution in [0.2, 0.25) is 0 Å². The van der Waals surface area contributed by atoms with Crippen LogP contribution in [-0.2, 0) is 4.79 Å². The van der Waals surface area contributed by atoms with Crippen molar-refractivity contribution >= 4 is 5.91 Å². The largest absolute Gasteiger partial charge is 0.353 e. The fourth-order valence-electron chi connectivity index (χ4n) is 3.02. The Labute approximate surface area is 117 Å².